The quantitative estimate of drug-likeness (QED) is 0.820. The molecule has 0 aromatic carbocycles. The second kappa shape index (κ2) is 5.49. The fraction of sp³-hybridized carbons (Fsp3) is 0.600. The summed E-state index contributed by atoms with van der Waals surface area (Å²) < 4.78 is 27.7. The minimum absolute atomic E-state index is 0.0284. The van der Waals surface area contributed by atoms with Crippen molar-refractivity contribution >= 4 is 53.2 Å². The summed E-state index contributed by atoms with van der Waals surface area (Å²) in [6.07, 6.45) is 0.239. The van der Waals surface area contributed by atoms with Crippen LogP contribution in [0.1, 0.15) is 13.3 Å². The van der Waals surface area contributed by atoms with E-state index < -0.39 is 16.1 Å². The Labute approximate surface area is 127 Å². The highest BCUT2D eigenvalue weighted by atomic mass is 79.9. The predicted octanol–water partition coefficient (Wildman–Crippen LogP) is 2.66. The van der Waals surface area contributed by atoms with E-state index in [4.69, 9.17) is 0 Å². The first-order chi connectivity index (χ1) is 8.32. The first-order valence-corrected chi connectivity index (χ1v) is 9.29. The topological polar surface area (TPSA) is 57.6 Å². The first-order valence-electron chi connectivity index (χ1n) is 5.45. The number of hydrogen-bond acceptors (Lipinski definition) is 4. The van der Waals surface area contributed by atoms with Crippen LogP contribution in [0.15, 0.2) is 18.5 Å². The van der Waals surface area contributed by atoms with Crippen LogP contribution in [-0.2, 0) is 10.0 Å². The Balaban J connectivity index is 2.26. The van der Waals surface area contributed by atoms with E-state index in [-0.39, 0.29) is 5.92 Å². The van der Waals surface area contributed by atoms with Crippen LogP contribution >= 0.6 is 43.2 Å². The Bertz CT molecular complexity index is 541. The van der Waals surface area contributed by atoms with E-state index in [0.717, 1.165) is 3.79 Å². The van der Waals surface area contributed by atoms with Gasteiger partial charge in [0.25, 0.3) is 0 Å². The summed E-state index contributed by atoms with van der Waals surface area (Å²) in [6.45, 7) is 2.57. The first kappa shape index (κ1) is 14.9. The van der Waals surface area contributed by atoms with Gasteiger partial charge in [-0.1, -0.05) is 0 Å². The molecule has 102 valence electrons. The molecule has 4 nitrogen and oxygen atoms in total. The van der Waals surface area contributed by atoms with Crippen LogP contribution in [0, 0.1) is 5.92 Å². The van der Waals surface area contributed by atoms with Crippen LogP contribution in [0.4, 0.5) is 0 Å². The van der Waals surface area contributed by atoms with Crippen molar-refractivity contribution in [3.05, 3.63) is 13.6 Å². The molecule has 2 rings (SSSR count). The van der Waals surface area contributed by atoms with Gasteiger partial charge in [0.15, 0.2) is 0 Å². The maximum absolute atomic E-state index is 12.4. The third kappa shape index (κ3) is 2.83. The number of rotatable bonds is 3. The molecule has 1 fully saturated rings. The monoisotopic (exact) mass is 417 g/mol. The second-order valence-electron chi connectivity index (χ2n) is 4.34. The van der Waals surface area contributed by atoms with Crippen molar-refractivity contribution in [2.45, 2.75) is 24.3 Å². The van der Waals surface area contributed by atoms with Gasteiger partial charge < -0.3 is 5.11 Å². The molecule has 1 saturated heterocycles. The molecule has 1 aliphatic heterocycles. The molecule has 8 heteroatoms. The van der Waals surface area contributed by atoms with E-state index >= 15 is 0 Å². The summed E-state index contributed by atoms with van der Waals surface area (Å²) >= 11 is 7.90. The van der Waals surface area contributed by atoms with Gasteiger partial charge in [0, 0.05) is 13.1 Å². The van der Waals surface area contributed by atoms with E-state index in [1.165, 1.54) is 15.6 Å². The van der Waals surface area contributed by atoms with Gasteiger partial charge >= 0.3 is 0 Å². The number of sulfonamides is 1. The van der Waals surface area contributed by atoms with Gasteiger partial charge in [0.2, 0.25) is 10.0 Å². The maximum atomic E-state index is 12.4. The predicted molar refractivity (Wildman–Crippen MR) is 78.3 cm³/mol. The number of nitrogens with zero attached hydrogens (tertiary/aromatic N) is 1. The Morgan fingerprint density at radius 1 is 1.56 bits per heavy atom. The fourth-order valence-electron chi connectivity index (χ4n) is 2.01. The zero-order chi connectivity index (χ0) is 13.5. The average Bonchev–Trinajstić information content (AvgIpc) is 2.85. The molecule has 0 bridgehead atoms. The molecule has 2 unspecified atom stereocenters. The maximum Gasteiger partial charge on any atom is 0.245 e. The summed E-state index contributed by atoms with van der Waals surface area (Å²) in [6, 6.07) is 1.61. The van der Waals surface area contributed by atoms with Crippen LogP contribution in [0.25, 0.3) is 0 Å². The lowest BCUT2D eigenvalue weighted by atomic mass is 10.0. The smallest absolute Gasteiger partial charge is 0.245 e. The molecule has 1 aromatic rings. The molecule has 1 aliphatic rings. The fourth-order valence-corrected chi connectivity index (χ4v) is 7.28. The summed E-state index contributed by atoms with van der Waals surface area (Å²) in [5.74, 6) is 0.0284. The highest BCUT2D eigenvalue weighted by Crippen LogP contribution is 2.37. The summed E-state index contributed by atoms with van der Waals surface area (Å²) in [5, 5.41) is 9.53. The molecule has 1 aromatic heterocycles. The molecule has 0 spiro atoms. The van der Waals surface area contributed by atoms with Gasteiger partial charge in [0.1, 0.15) is 4.90 Å². The van der Waals surface area contributed by atoms with Gasteiger partial charge in [-0.05, 0) is 57.2 Å². The van der Waals surface area contributed by atoms with E-state index in [2.05, 4.69) is 31.9 Å². The molecule has 0 radical (unpaired) electrons. The third-order valence-corrected chi connectivity index (χ3v) is 7.73. The molecule has 0 saturated carbocycles. The Hall–Kier alpha value is 0.530. The number of aliphatic hydroxyl groups is 1. The minimum Gasteiger partial charge on any atom is -0.393 e. The van der Waals surface area contributed by atoms with E-state index in [1.807, 2.05) is 0 Å². The van der Waals surface area contributed by atoms with E-state index in [1.54, 1.807) is 13.0 Å². The Morgan fingerprint density at radius 2 is 2.22 bits per heavy atom. The molecule has 18 heavy (non-hydrogen) atoms. The minimum atomic E-state index is -3.46. The lowest BCUT2D eigenvalue weighted by Crippen LogP contribution is -2.30. The zero-order valence-corrected chi connectivity index (χ0v) is 14.4. The van der Waals surface area contributed by atoms with Gasteiger partial charge in [0.05, 0.1) is 13.7 Å². The highest BCUT2D eigenvalue weighted by Gasteiger charge is 2.35. The van der Waals surface area contributed by atoms with Crippen molar-refractivity contribution in [3.8, 4) is 0 Å². The largest absolute Gasteiger partial charge is 0.393 e. The van der Waals surface area contributed by atoms with Gasteiger partial charge in [-0.3, -0.25) is 0 Å². The number of aliphatic hydroxyl groups excluding tert-OH is 1. The molecule has 1 N–H and O–H groups in total. The third-order valence-electron chi connectivity index (χ3n) is 3.11. The van der Waals surface area contributed by atoms with Crippen molar-refractivity contribution in [1.82, 2.24) is 4.31 Å². The standard InChI is InChI=1S/C10H13Br2NO3S2/c1-6(14)7-2-3-13(5-7)18(15,16)8-4-9(11)17-10(8)12/h4,6-7,14H,2-3,5H2,1H3. The van der Waals surface area contributed by atoms with Crippen molar-refractivity contribution in [2.75, 3.05) is 13.1 Å². The average molecular weight is 419 g/mol. The van der Waals surface area contributed by atoms with Crippen LogP contribution in [0.3, 0.4) is 0 Å². The van der Waals surface area contributed by atoms with Crippen molar-refractivity contribution in [3.63, 3.8) is 0 Å². The lowest BCUT2D eigenvalue weighted by molar-refractivity contribution is 0.133. The Morgan fingerprint density at radius 3 is 2.67 bits per heavy atom. The van der Waals surface area contributed by atoms with E-state index in [0.29, 0.717) is 28.2 Å². The second-order valence-corrected chi connectivity index (χ2v) is 10.00. The molecule has 0 amide bonds. The molecule has 2 atom stereocenters. The molecular weight excluding hydrogens is 406 g/mol. The van der Waals surface area contributed by atoms with Crippen LogP contribution < -0.4 is 0 Å². The van der Waals surface area contributed by atoms with Gasteiger partial charge in [-0.15, -0.1) is 11.3 Å². The summed E-state index contributed by atoms with van der Waals surface area (Å²) in [7, 11) is -3.46. The molecular formula is C10H13Br2NO3S2. The number of halogens is 2. The normalized spacial score (nSPS) is 23.4. The van der Waals surface area contributed by atoms with Crippen LogP contribution in [-0.4, -0.2) is 37.0 Å². The SMILES string of the molecule is CC(O)C1CCN(S(=O)(=O)c2cc(Br)sc2Br)C1. The van der Waals surface area contributed by atoms with Crippen LogP contribution in [0.5, 0.6) is 0 Å². The van der Waals surface area contributed by atoms with Gasteiger partial charge in [-0.2, -0.15) is 4.31 Å². The van der Waals surface area contributed by atoms with Crippen molar-refractivity contribution in [2.24, 2.45) is 5.92 Å². The van der Waals surface area contributed by atoms with Crippen molar-refractivity contribution < 1.29 is 13.5 Å². The van der Waals surface area contributed by atoms with Crippen molar-refractivity contribution in [1.29, 1.82) is 0 Å². The van der Waals surface area contributed by atoms with Gasteiger partial charge in [-0.25, -0.2) is 8.42 Å². The Kier molecular flexibility index (Phi) is 4.56. The highest BCUT2D eigenvalue weighted by molar-refractivity contribution is 9.12. The summed E-state index contributed by atoms with van der Waals surface area (Å²) in [5.41, 5.74) is 0. The zero-order valence-electron chi connectivity index (χ0n) is 9.64. The lowest BCUT2D eigenvalue weighted by Gasteiger charge is -2.17. The number of hydrogen-bond donors (Lipinski definition) is 1. The van der Waals surface area contributed by atoms with Crippen LogP contribution in [0.2, 0.25) is 0 Å². The summed E-state index contributed by atoms with van der Waals surface area (Å²) in [4.78, 5) is 0.297. The molecule has 2 heterocycles. The van der Waals surface area contributed by atoms with E-state index in [9.17, 15) is 13.5 Å². The number of thiophene rings is 1. The molecule has 0 aliphatic carbocycles.